The zero-order valence-corrected chi connectivity index (χ0v) is 10.6. The maximum atomic E-state index is 11.6. The fraction of sp³-hybridized carbons (Fsp3) is 0.636. The quantitative estimate of drug-likeness (QED) is 0.660. The summed E-state index contributed by atoms with van der Waals surface area (Å²) in [5, 5.41) is 17.8. The number of aliphatic carboxylic acids is 1. The molecule has 0 radical (unpaired) electrons. The normalized spacial score (nSPS) is 12.1. The number of nitrogens with zero attached hydrogens (tertiary/aromatic N) is 2. The molecular weight excluding hydrogens is 236 g/mol. The van der Waals surface area contributed by atoms with Gasteiger partial charge in [-0.05, 0) is 12.8 Å². The monoisotopic (exact) mass is 254 g/mol. The second-order valence-corrected chi connectivity index (χ2v) is 4.14. The van der Waals surface area contributed by atoms with Gasteiger partial charge in [0.05, 0.1) is 5.92 Å². The van der Waals surface area contributed by atoms with Crippen LogP contribution in [0.15, 0.2) is 0 Å². The van der Waals surface area contributed by atoms with Crippen LogP contribution in [0.5, 0.6) is 0 Å². The van der Waals surface area contributed by atoms with Crippen molar-refractivity contribution in [2.24, 2.45) is 5.92 Å². The van der Waals surface area contributed by atoms with Crippen molar-refractivity contribution >= 4 is 11.9 Å². The van der Waals surface area contributed by atoms with Gasteiger partial charge in [-0.3, -0.25) is 14.7 Å². The van der Waals surface area contributed by atoms with Crippen molar-refractivity contribution in [3.05, 3.63) is 11.6 Å². The molecule has 1 aromatic heterocycles. The number of hydrogen-bond donors (Lipinski definition) is 3. The number of amides is 1. The molecule has 0 aliphatic carbocycles. The Hall–Kier alpha value is -1.92. The van der Waals surface area contributed by atoms with Crippen LogP contribution in [0.4, 0.5) is 0 Å². The lowest BCUT2D eigenvalue weighted by atomic mass is 10.1. The molecule has 18 heavy (non-hydrogen) atoms. The summed E-state index contributed by atoms with van der Waals surface area (Å²) in [4.78, 5) is 26.2. The van der Waals surface area contributed by atoms with Crippen LogP contribution in [-0.2, 0) is 11.2 Å². The number of aromatic nitrogens is 3. The molecule has 1 unspecified atom stereocenters. The molecule has 0 fully saturated rings. The molecule has 7 nitrogen and oxygen atoms in total. The third-order valence-corrected chi connectivity index (χ3v) is 2.51. The van der Waals surface area contributed by atoms with Gasteiger partial charge in [0.15, 0.2) is 0 Å². The van der Waals surface area contributed by atoms with Crippen LogP contribution in [0.25, 0.3) is 0 Å². The molecule has 100 valence electrons. The predicted molar refractivity (Wildman–Crippen MR) is 64.1 cm³/mol. The van der Waals surface area contributed by atoms with Crippen molar-refractivity contribution in [1.29, 1.82) is 0 Å². The minimum atomic E-state index is -0.868. The van der Waals surface area contributed by atoms with E-state index in [-0.39, 0.29) is 11.7 Å². The topological polar surface area (TPSA) is 108 Å². The molecule has 1 rings (SSSR count). The number of carboxylic acid groups (broad SMARTS) is 1. The van der Waals surface area contributed by atoms with Gasteiger partial charge in [-0.2, -0.15) is 0 Å². The summed E-state index contributed by atoms with van der Waals surface area (Å²) in [6, 6.07) is 0. The first-order valence-electron chi connectivity index (χ1n) is 5.96. The molecule has 0 aliphatic heterocycles. The van der Waals surface area contributed by atoms with E-state index in [2.05, 4.69) is 20.5 Å². The van der Waals surface area contributed by atoms with Crippen LogP contribution in [0, 0.1) is 5.92 Å². The molecule has 0 saturated heterocycles. The van der Waals surface area contributed by atoms with Crippen LogP contribution in [0.2, 0.25) is 0 Å². The highest BCUT2D eigenvalue weighted by Gasteiger charge is 2.14. The Bertz CT molecular complexity index is 416. The van der Waals surface area contributed by atoms with Gasteiger partial charge in [-0.1, -0.05) is 13.8 Å². The van der Waals surface area contributed by atoms with Crippen molar-refractivity contribution in [2.45, 2.75) is 33.1 Å². The maximum absolute atomic E-state index is 11.6. The molecule has 1 atom stereocenters. The first-order valence-corrected chi connectivity index (χ1v) is 5.96. The standard InChI is InChI=1S/C11H18N4O3/c1-3-4-8-13-9(15-14-8)10(16)12-6-5-7(2)11(17)18/h7H,3-6H2,1-2H3,(H,12,16)(H,17,18)(H,13,14,15). The summed E-state index contributed by atoms with van der Waals surface area (Å²) in [7, 11) is 0. The van der Waals surface area contributed by atoms with Crippen molar-refractivity contribution in [3.63, 3.8) is 0 Å². The summed E-state index contributed by atoms with van der Waals surface area (Å²) in [5.41, 5.74) is 0. The van der Waals surface area contributed by atoms with Crippen LogP contribution in [0.1, 0.15) is 43.1 Å². The largest absolute Gasteiger partial charge is 0.481 e. The zero-order chi connectivity index (χ0) is 13.5. The minimum absolute atomic E-state index is 0.0985. The zero-order valence-electron chi connectivity index (χ0n) is 10.6. The Morgan fingerprint density at radius 3 is 2.83 bits per heavy atom. The molecule has 3 N–H and O–H groups in total. The number of nitrogens with one attached hydrogen (secondary N) is 2. The van der Waals surface area contributed by atoms with Crippen LogP contribution in [0.3, 0.4) is 0 Å². The second-order valence-electron chi connectivity index (χ2n) is 4.14. The van der Waals surface area contributed by atoms with Crippen LogP contribution < -0.4 is 5.32 Å². The van der Waals surface area contributed by atoms with Gasteiger partial charge in [0.1, 0.15) is 5.82 Å². The maximum Gasteiger partial charge on any atom is 0.306 e. The van der Waals surface area contributed by atoms with Crippen molar-refractivity contribution in [3.8, 4) is 0 Å². The molecule has 1 aromatic rings. The highest BCUT2D eigenvalue weighted by molar-refractivity contribution is 5.90. The number of carbonyl (C=O) groups excluding carboxylic acids is 1. The van der Waals surface area contributed by atoms with E-state index < -0.39 is 11.9 Å². The number of aromatic amines is 1. The smallest absolute Gasteiger partial charge is 0.306 e. The van der Waals surface area contributed by atoms with Gasteiger partial charge in [-0.25, -0.2) is 4.98 Å². The summed E-state index contributed by atoms with van der Waals surface area (Å²) in [6.45, 7) is 3.90. The highest BCUT2D eigenvalue weighted by Crippen LogP contribution is 2.00. The summed E-state index contributed by atoms with van der Waals surface area (Å²) < 4.78 is 0. The molecule has 7 heteroatoms. The Morgan fingerprint density at radius 1 is 1.50 bits per heavy atom. The van der Waals surface area contributed by atoms with Gasteiger partial charge in [0.2, 0.25) is 5.82 Å². The fourth-order valence-electron chi connectivity index (χ4n) is 1.35. The molecular formula is C11H18N4O3. The van der Waals surface area contributed by atoms with E-state index in [0.29, 0.717) is 18.8 Å². The SMILES string of the molecule is CCCc1nc(C(=O)NCCC(C)C(=O)O)n[nH]1. The Labute approximate surface area is 105 Å². The van der Waals surface area contributed by atoms with E-state index in [0.717, 1.165) is 12.8 Å². The molecule has 0 aliphatic rings. The molecule has 0 spiro atoms. The van der Waals surface area contributed by atoms with E-state index in [1.807, 2.05) is 6.92 Å². The summed E-state index contributed by atoms with van der Waals surface area (Å²) in [5.74, 6) is -0.949. The van der Waals surface area contributed by atoms with Gasteiger partial charge in [-0.15, -0.1) is 5.10 Å². The van der Waals surface area contributed by atoms with Crippen molar-refractivity contribution < 1.29 is 14.7 Å². The molecule has 1 heterocycles. The lowest BCUT2D eigenvalue weighted by Gasteiger charge is -2.05. The van der Waals surface area contributed by atoms with Gasteiger partial charge in [0, 0.05) is 13.0 Å². The number of carboxylic acids is 1. The molecule has 0 bridgehead atoms. The number of H-pyrrole nitrogens is 1. The Kier molecular flexibility index (Phi) is 5.29. The van der Waals surface area contributed by atoms with Crippen LogP contribution in [-0.4, -0.2) is 38.7 Å². The first kappa shape index (κ1) is 14.1. The predicted octanol–water partition coefficient (Wildman–Crippen LogP) is 0.598. The summed E-state index contributed by atoms with van der Waals surface area (Å²) >= 11 is 0. The van der Waals surface area contributed by atoms with E-state index in [9.17, 15) is 9.59 Å². The molecule has 0 aromatic carbocycles. The molecule has 1 amide bonds. The lowest BCUT2D eigenvalue weighted by Crippen LogP contribution is -2.27. The third kappa shape index (κ3) is 4.15. The Balaban J connectivity index is 2.38. The van der Waals surface area contributed by atoms with E-state index in [1.165, 1.54) is 0 Å². The lowest BCUT2D eigenvalue weighted by molar-refractivity contribution is -0.141. The minimum Gasteiger partial charge on any atom is -0.481 e. The van der Waals surface area contributed by atoms with Gasteiger partial charge < -0.3 is 10.4 Å². The average molecular weight is 254 g/mol. The van der Waals surface area contributed by atoms with E-state index in [1.54, 1.807) is 6.92 Å². The van der Waals surface area contributed by atoms with Gasteiger partial charge in [0.25, 0.3) is 5.91 Å². The summed E-state index contributed by atoms with van der Waals surface area (Å²) in [6.07, 6.45) is 2.05. The average Bonchev–Trinajstić information content (AvgIpc) is 2.77. The van der Waals surface area contributed by atoms with Crippen LogP contribution >= 0.6 is 0 Å². The number of carbonyl (C=O) groups is 2. The van der Waals surface area contributed by atoms with Gasteiger partial charge >= 0.3 is 5.97 Å². The number of rotatable bonds is 7. The van der Waals surface area contributed by atoms with Crippen molar-refractivity contribution in [1.82, 2.24) is 20.5 Å². The fourth-order valence-corrected chi connectivity index (χ4v) is 1.35. The highest BCUT2D eigenvalue weighted by atomic mass is 16.4. The second kappa shape index (κ2) is 6.73. The third-order valence-electron chi connectivity index (χ3n) is 2.51. The Morgan fingerprint density at radius 2 is 2.22 bits per heavy atom. The molecule has 0 saturated carbocycles. The number of aryl methyl sites for hydroxylation is 1. The van der Waals surface area contributed by atoms with Crippen molar-refractivity contribution in [2.75, 3.05) is 6.54 Å². The first-order chi connectivity index (χ1) is 8.54. The number of hydrogen-bond acceptors (Lipinski definition) is 4. The van der Waals surface area contributed by atoms with E-state index >= 15 is 0 Å². The van der Waals surface area contributed by atoms with E-state index in [4.69, 9.17) is 5.11 Å².